The first-order valence-corrected chi connectivity index (χ1v) is 6.23. The number of ether oxygens (including phenoxy) is 1. The van der Waals surface area contributed by atoms with Gasteiger partial charge >= 0.3 is 0 Å². The lowest BCUT2D eigenvalue weighted by atomic mass is 9.89. The quantitative estimate of drug-likeness (QED) is 0.896. The van der Waals surface area contributed by atoms with E-state index in [2.05, 4.69) is 34.6 Å². The number of rotatable bonds is 4. The second kappa shape index (κ2) is 4.82. The van der Waals surface area contributed by atoms with Crippen LogP contribution in [0.3, 0.4) is 0 Å². The summed E-state index contributed by atoms with van der Waals surface area (Å²) in [5.74, 6) is 0. The van der Waals surface area contributed by atoms with Crippen LogP contribution in [0.1, 0.15) is 12.8 Å². The van der Waals surface area contributed by atoms with E-state index in [1.54, 1.807) is 13.3 Å². The van der Waals surface area contributed by atoms with Gasteiger partial charge in [-0.05, 0) is 31.0 Å². The number of methoxy groups -OCH3 is 1. The third-order valence-corrected chi connectivity index (χ3v) is 3.45. The molecule has 1 aliphatic rings. The van der Waals surface area contributed by atoms with Crippen molar-refractivity contribution in [2.45, 2.75) is 25.0 Å². The summed E-state index contributed by atoms with van der Waals surface area (Å²) in [6, 6.07) is 8.91. The number of hydrogen-bond acceptors (Lipinski definition) is 3. The fourth-order valence-electron chi connectivity index (χ4n) is 2.28. The summed E-state index contributed by atoms with van der Waals surface area (Å²) >= 11 is 0. The third-order valence-electron chi connectivity index (χ3n) is 3.45. The van der Waals surface area contributed by atoms with Crippen LogP contribution in [0.15, 0.2) is 43.0 Å². The monoisotopic (exact) mass is 243 g/mol. The zero-order valence-corrected chi connectivity index (χ0v) is 10.4. The maximum atomic E-state index is 5.28. The van der Waals surface area contributed by atoms with Gasteiger partial charge in [0, 0.05) is 36.9 Å². The number of aromatic nitrogens is 2. The van der Waals surface area contributed by atoms with E-state index in [9.17, 15) is 0 Å². The van der Waals surface area contributed by atoms with Gasteiger partial charge in [0.05, 0.1) is 12.4 Å². The van der Waals surface area contributed by atoms with Gasteiger partial charge in [0.1, 0.15) is 0 Å². The van der Waals surface area contributed by atoms with Crippen LogP contribution < -0.4 is 5.32 Å². The average Bonchev–Trinajstić information content (AvgIpc) is 2.87. The van der Waals surface area contributed by atoms with E-state index in [0.29, 0.717) is 12.1 Å². The van der Waals surface area contributed by atoms with Crippen molar-refractivity contribution < 1.29 is 4.74 Å². The molecule has 3 rings (SSSR count). The average molecular weight is 243 g/mol. The molecule has 1 N–H and O–H groups in total. The summed E-state index contributed by atoms with van der Waals surface area (Å²) in [4.78, 5) is 4.06. The Hall–Kier alpha value is -1.81. The largest absolute Gasteiger partial charge is 0.382 e. The predicted octanol–water partition coefficient (Wildman–Crippen LogP) is 2.46. The second-order valence-electron chi connectivity index (χ2n) is 4.69. The molecule has 0 unspecified atom stereocenters. The highest BCUT2D eigenvalue weighted by Gasteiger charge is 2.28. The van der Waals surface area contributed by atoms with Crippen molar-refractivity contribution in [1.82, 2.24) is 9.55 Å². The Labute approximate surface area is 107 Å². The van der Waals surface area contributed by atoms with Crippen LogP contribution in [-0.4, -0.2) is 28.8 Å². The topological polar surface area (TPSA) is 39.1 Å². The van der Waals surface area contributed by atoms with Crippen LogP contribution in [0.5, 0.6) is 0 Å². The molecule has 0 bridgehead atoms. The lowest BCUT2D eigenvalue weighted by Gasteiger charge is -2.35. The SMILES string of the molecule is COC1CC(Nc2cccc(-n3ccnc3)c2)C1. The van der Waals surface area contributed by atoms with Crippen molar-refractivity contribution in [2.24, 2.45) is 0 Å². The van der Waals surface area contributed by atoms with Crippen LogP contribution in [-0.2, 0) is 4.74 Å². The molecule has 1 aromatic carbocycles. The summed E-state index contributed by atoms with van der Waals surface area (Å²) in [7, 11) is 1.78. The fraction of sp³-hybridized carbons (Fsp3) is 0.357. The number of benzene rings is 1. The highest BCUT2D eigenvalue weighted by molar-refractivity contribution is 5.52. The number of hydrogen-bond donors (Lipinski definition) is 1. The van der Waals surface area contributed by atoms with Gasteiger partial charge in [-0.15, -0.1) is 0 Å². The molecule has 0 spiro atoms. The van der Waals surface area contributed by atoms with E-state index in [0.717, 1.165) is 24.2 Å². The van der Waals surface area contributed by atoms with E-state index in [1.165, 1.54) is 0 Å². The first-order chi connectivity index (χ1) is 8.85. The van der Waals surface area contributed by atoms with Gasteiger partial charge in [-0.25, -0.2) is 4.98 Å². The highest BCUT2D eigenvalue weighted by atomic mass is 16.5. The van der Waals surface area contributed by atoms with E-state index >= 15 is 0 Å². The Morgan fingerprint density at radius 1 is 1.39 bits per heavy atom. The van der Waals surface area contributed by atoms with Gasteiger partial charge in [-0.2, -0.15) is 0 Å². The normalized spacial score (nSPS) is 22.5. The molecule has 0 aliphatic heterocycles. The fourth-order valence-corrected chi connectivity index (χ4v) is 2.28. The molecule has 4 nitrogen and oxygen atoms in total. The summed E-state index contributed by atoms with van der Waals surface area (Å²) in [5.41, 5.74) is 2.28. The summed E-state index contributed by atoms with van der Waals surface area (Å²) < 4.78 is 7.29. The van der Waals surface area contributed by atoms with E-state index in [1.807, 2.05) is 17.1 Å². The lowest BCUT2D eigenvalue weighted by molar-refractivity contribution is 0.0329. The molecule has 0 saturated heterocycles. The van der Waals surface area contributed by atoms with Crippen LogP contribution in [0.2, 0.25) is 0 Å². The second-order valence-corrected chi connectivity index (χ2v) is 4.69. The first-order valence-electron chi connectivity index (χ1n) is 6.23. The minimum absolute atomic E-state index is 0.430. The van der Waals surface area contributed by atoms with Gasteiger partial charge in [0.15, 0.2) is 0 Å². The van der Waals surface area contributed by atoms with E-state index < -0.39 is 0 Å². The number of nitrogens with one attached hydrogen (secondary N) is 1. The zero-order valence-electron chi connectivity index (χ0n) is 10.4. The minimum Gasteiger partial charge on any atom is -0.382 e. The van der Waals surface area contributed by atoms with Crippen molar-refractivity contribution in [3.8, 4) is 5.69 Å². The standard InChI is InChI=1S/C14H17N3O/c1-18-14-8-12(9-14)16-11-3-2-4-13(7-11)17-6-5-15-10-17/h2-7,10,12,14,16H,8-9H2,1H3. The Bertz CT molecular complexity index is 504. The van der Waals surface area contributed by atoms with Crippen molar-refractivity contribution in [3.05, 3.63) is 43.0 Å². The highest BCUT2D eigenvalue weighted by Crippen LogP contribution is 2.26. The molecule has 0 radical (unpaired) electrons. The van der Waals surface area contributed by atoms with Gasteiger partial charge < -0.3 is 14.6 Å². The Morgan fingerprint density at radius 2 is 2.28 bits per heavy atom. The number of imidazole rings is 1. The molecule has 18 heavy (non-hydrogen) atoms. The molecule has 1 aromatic heterocycles. The smallest absolute Gasteiger partial charge is 0.0991 e. The molecule has 4 heteroatoms. The molecule has 1 saturated carbocycles. The summed E-state index contributed by atoms with van der Waals surface area (Å²) in [5, 5.41) is 3.53. The maximum absolute atomic E-state index is 5.28. The molecule has 1 heterocycles. The number of nitrogens with zero attached hydrogens (tertiary/aromatic N) is 2. The maximum Gasteiger partial charge on any atom is 0.0991 e. The van der Waals surface area contributed by atoms with Crippen molar-refractivity contribution in [3.63, 3.8) is 0 Å². The predicted molar refractivity (Wildman–Crippen MR) is 71.0 cm³/mol. The van der Waals surface area contributed by atoms with Crippen LogP contribution in [0.4, 0.5) is 5.69 Å². The van der Waals surface area contributed by atoms with E-state index in [4.69, 9.17) is 4.74 Å². The molecule has 0 atom stereocenters. The molecule has 1 aliphatic carbocycles. The van der Waals surface area contributed by atoms with Crippen molar-refractivity contribution >= 4 is 5.69 Å². The van der Waals surface area contributed by atoms with Crippen molar-refractivity contribution in [2.75, 3.05) is 12.4 Å². The molecule has 1 fully saturated rings. The Morgan fingerprint density at radius 3 is 3.00 bits per heavy atom. The first kappa shape index (κ1) is 11.3. The lowest BCUT2D eigenvalue weighted by Crippen LogP contribution is -2.40. The van der Waals surface area contributed by atoms with E-state index in [-0.39, 0.29) is 0 Å². The molecular formula is C14H17N3O. The molecule has 94 valence electrons. The molecule has 2 aromatic rings. The third kappa shape index (κ3) is 2.24. The minimum atomic E-state index is 0.430. The summed E-state index contributed by atoms with van der Waals surface area (Å²) in [6.07, 6.45) is 8.15. The van der Waals surface area contributed by atoms with Gasteiger partial charge in [-0.1, -0.05) is 6.07 Å². The zero-order chi connectivity index (χ0) is 12.4. The van der Waals surface area contributed by atoms with Gasteiger partial charge in [0.2, 0.25) is 0 Å². The van der Waals surface area contributed by atoms with Crippen molar-refractivity contribution in [1.29, 1.82) is 0 Å². The van der Waals surface area contributed by atoms with Gasteiger partial charge in [0.25, 0.3) is 0 Å². The van der Waals surface area contributed by atoms with Gasteiger partial charge in [-0.3, -0.25) is 0 Å². The van der Waals surface area contributed by atoms with Crippen LogP contribution in [0.25, 0.3) is 5.69 Å². The Kier molecular flexibility index (Phi) is 3.02. The molecule has 0 amide bonds. The molecular weight excluding hydrogens is 226 g/mol. The summed E-state index contributed by atoms with van der Waals surface area (Å²) in [6.45, 7) is 0. The number of anilines is 1. The van der Waals surface area contributed by atoms with Crippen LogP contribution in [0, 0.1) is 0 Å². The van der Waals surface area contributed by atoms with Crippen LogP contribution >= 0.6 is 0 Å². The Balaban J connectivity index is 1.68.